The number of alkyl halides is 3. The smallest absolute Gasteiger partial charge is 0.371 e. The molecule has 7 nitrogen and oxygen atoms in total. The summed E-state index contributed by atoms with van der Waals surface area (Å²) in [7, 11) is 0. The summed E-state index contributed by atoms with van der Waals surface area (Å²) >= 11 is 6.39. The number of anilines is 3. The molecule has 1 aromatic heterocycles. The Morgan fingerprint density at radius 1 is 1.11 bits per heavy atom. The zero-order valence-corrected chi connectivity index (χ0v) is 21.1. The quantitative estimate of drug-likeness (QED) is 0.359. The second-order valence-corrected chi connectivity index (χ2v) is 9.67. The molecule has 0 spiro atoms. The van der Waals surface area contributed by atoms with E-state index in [1.165, 1.54) is 6.07 Å². The number of hydrogen-bond acceptors (Lipinski definition) is 6. The number of nitrogens with one attached hydrogen (secondary N) is 3. The molecule has 0 bridgehead atoms. The third kappa shape index (κ3) is 6.70. The zero-order valence-electron chi connectivity index (χ0n) is 19.4. The van der Waals surface area contributed by atoms with Gasteiger partial charge in [-0.25, -0.2) is 0 Å². The number of benzene rings is 2. The summed E-state index contributed by atoms with van der Waals surface area (Å²) in [4.78, 5) is 13.9. The molecule has 4 rings (SSSR count). The van der Waals surface area contributed by atoms with Gasteiger partial charge in [-0.15, -0.1) is 5.10 Å². The number of halogens is 3. The van der Waals surface area contributed by atoms with Crippen LogP contribution in [0.25, 0.3) is 0 Å². The molecule has 2 heterocycles. The van der Waals surface area contributed by atoms with Gasteiger partial charge in [-0.3, -0.25) is 4.79 Å². The monoisotopic (exact) mass is 534 g/mol. The van der Waals surface area contributed by atoms with Crippen LogP contribution in [-0.2, 0) is 12.7 Å². The Hall–Kier alpha value is -3.25. The fraction of sp³-hybridized carbons (Fsp3) is 0.333. The summed E-state index contributed by atoms with van der Waals surface area (Å²) in [6.45, 7) is 3.52. The van der Waals surface area contributed by atoms with Crippen molar-refractivity contribution in [2.45, 2.75) is 32.5 Å². The Labute approximate surface area is 216 Å². The maximum absolute atomic E-state index is 13.8. The number of aromatic nitrogens is 2. The van der Waals surface area contributed by atoms with Gasteiger partial charge in [0.25, 0.3) is 5.91 Å². The third-order valence-corrected chi connectivity index (χ3v) is 6.69. The van der Waals surface area contributed by atoms with E-state index in [1.807, 2.05) is 4.90 Å². The highest BCUT2D eigenvalue weighted by molar-refractivity contribution is 7.80. The lowest BCUT2D eigenvalue weighted by molar-refractivity contribution is -0.137. The van der Waals surface area contributed by atoms with Crippen molar-refractivity contribution in [3.05, 3.63) is 64.7 Å². The summed E-state index contributed by atoms with van der Waals surface area (Å²) < 4.78 is 45.1. The first-order valence-corrected chi connectivity index (χ1v) is 12.6. The van der Waals surface area contributed by atoms with Crippen LogP contribution in [0.1, 0.15) is 41.4 Å². The van der Waals surface area contributed by atoms with Crippen molar-refractivity contribution in [2.24, 2.45) is 5.92 Å². The highest BCUT2D eigenvalue weighted by Gasteiger charge is 2.35. The van der Waals surface area contributed by atoms with Crippen molar-refractivity contribution in [1.29, 1.82) is 0 Å². The van der Waals surface area contributed by atoms with Gasteiger partial charge in [0.2, 0.25) is 0 Å². The Morgan fingerprint density at radius 2 is 1.78 bits per heavy atom. The van der Waals surface area contributed by atoms with Crippen molar-refractivity contribution in [3.8, 4) is 0 Å². The van der Waals surface area contributed by atoms with Crippen LogP contribution in [0.3, 0.4) is 0 Å². The molecular formula is C24H25F3N6OS2. The Bertz CT molecular complexity index is 1190. The fourth-order valence-corrected chi connectivity index (χ4v) is 4.52. The van der Waals surface area contributed by atoms with Gasteiger partial charge in [0.05, 0.1) is 5.56 Å². The standard InChI is InChI=1S/C24H25F3N6OS2/c1-15-8-10-33(11-9-15)21-7-2-16(12-19(21)24(25,26)27)13-28-23(35)30-18-5-3-17(4-6-18)29-22(34)20-14-36-32-31-20/h2-7,12,14-15H,8-11,13H2,1H3,(H,29,34)(H2,28,30,35). The van der Waals surface area contributed by atoms with E-state index in [1.54, 1.807) is 41.8 Å². The summed E-state index contributed by atoms with van der Waals surface area (Å²) in [6, 6.07) is 11.3. The van der Waals surface area contributed by atoms with E-state index in [2.05, 4.69) is 32.5 Å². The predicted octanol–water partition coefficient (Wildman–Crippen LogP) is 5.53. The molecule has 2 aromatic carbocycles. The third-order valence-electron chi connectivity index (χ3n) is 5.94. The molecule has 1 fully saturated rings. The number of hydrogen-bond donors (Lipinski definition) is 3. The van der Waals surface area contributed by atoms with E-state index in [0.717, 1.165) is 24.4 Å². The maximum atomic E-state index is 13.8. The minimum Gasteiger partial charge on any atom is -0.371 e. The van der Waals surface area contributed by atoms with Gasteiger partial charge in [0.15, 0.2) is 10.8 Å². The molecule has 3 N–H and O–H groups in total. The molecule has 0 saturated carbocycles. The van der Waals surface area contributed by atoms with Gasteiger partial charge in [0, 0.05) is 42.1 Å². The van der Waals surface area contributed by atoms with Crippen molar-refractivity contribution in [3.63, 3.8) is 0 Å². The average Bonchev–Trinajstić information content (AvgIpc) is 3.39. The first-order valence-electron chi connectivity index (χ1n) is 11.4. The lowest BCUT2D eigenvalue weighted by Gasteiger charge is -2.34. The van der Waals surface area contributed by atoms with Crippen molar-refractivity contribution in [2.75, 3.05) is 28.6 Å². The van der Waals surface area contributed by atoms with E-state index in [0.29, 0.717) is 35.9 Å². The van der Waals surface area contributed by atoms with Crippen LogP contribution in [0, 0.1) is 5.92 Å². The summed E-state index contributed by atoms with van der Waals surface area (Å²) in [6.07, 6.45) is -2.67. The molecular weight excluding hydrogens is 509 g/mol. The van der Waals surface area contributed by atoms with Crippen LogP contribution in [0.15, 0.2) is 47.8 Å². The number of carbonyl (C=O) groups excluding carboxylic acids is 1. The maximum Gasteiger partial charge on any atom is 0.418 e. The number of carbonyl (C=O) groups is 1. The van der Waals surface area contributed by atoms with Gasteiger partial charge in [0.1, 0.15) is 0 Å². The summed E-state index contributed by atoms with van der Waals surface area (Å²) in [5.41, 5.74) is 1.56. The predicted molar refractivity (Wildman–Crippen MR) is 139 cm³/mol. The van der Waals surface area contributed by atoms with E-state index in [9.17, 15) is 18.0 Å². The van der Waals surface area contributed by atoms with Gasteiger partial charge in [-0.2, -0.15) is 13.2 Å². The minimum absolute atomic E-state index is 0.141. The Kier molecular flexibility index (Phi) is 8.04. The highest BCUT2D eigenvalue weighted by atomic mass is 32.1. The van der Waals surface area contributed by atoms with Crippen LogP contribution in [0.2, 0.25) is 0 Å². The van der Waals surface area contributed by atoms with Gasteiger partial charge in [-0.1, -0.05) is 17.5 Å². The summed E-state index contributed by atoms with van der Waals surface area (Å²) in [5, 5.41) is 14.2. The number of thiocarbonyl (C=S) groups is 1. The average molecular weight is 535 g/mol. The minimum atomic E-state index is -4.44. The molecule has 1 aliphatic rings. The van der Waals surface area contributed by atoms with E-state index in [-0.39, 0.29) is 28.9 Å². The van der Waals surface area contributed by atoms with Crippen molar-refractivity contribution in [1.82, 2.24) is 14.9 Å². The lowest BCUT2D eigenvalue weighted by atomic mass is 9.97. The van der Waals surface area contributed by atoms with Crippen LogP contribution in [0.4, 0.5) is 30.2 Å². The normalized spacial score (nSPS) is 14.4. The first kappa shape index (κ1) is 25.8. The summed E-state index contributed by atoms with van der Waals surface area (Å²) in [5.74, 6) is 0.171. The number of rotatable bonds is 6. The molecule has 0 radical (unpaired) electrons. The molecule has 0 aliphatic carbocycles. The largest absolute Gasteiger partial charge is 0.418 e. The molecule has 36 heavy (non-hydrogen) atoms. The molecule has 0 unspecified atom stereocenters. The van der Waals surface area contributed by atoms with Crippen molar-refractivity contribution < 1.29 is 18.0 Å². The molecule has 190 valence electrons. The van der Waals surface area contributed by atoms with Gasteiger partial charge < -0.3 is 20.9 Å². The second kappa shape index (κ2) is 11.2. The SMILES string of the molecule is CC1CCN(c2ccc(CNC(=S)Nc3ccc(NC(=O)c4csnn4)cc3)cc2C(F)(F)F)CC1. The Morgan fingerprint density at radius 3 is 2.39 bits per heavy atom. The second-order valence-electron chi connectivity index (χ2n) is 8.65. The van der Waals surface area contributed by atoms with E-state index in [4.69, 9.17) is 12.2 Å². The zero-order chi connectivity index (χ0) is 25.7. The van der Waals surface area contributed by atoms with E-state index >= 15 is 0 Å². The topological polar surface area (TPSA) is 82.2 Å². The first-order chi connectivity index (χ1) is 17.2. The lowest BCUT2D eigenvalue weighted by Crippen LogP contribution is -2.34. The van der Waals surface area contributed by atoms with Crippen LogP contribution in [0.5, 0.6) is 0 Å². The number of nitrogens with zero attached hydrogens (tertiary/aromatic N) is 3. The number of amides is 1. The fourth-order valence-electron chi connectivity index (χ4n) is 3.90. The van der Waals surface area contributed by atoms with Crippen molar-refractivity contribution >= 4 is 51.8 Å². The van der Waals surface area contributed by atoms with E-state index < -0.39 is 11.7 Å². The number of piperidine rings is 1. The molecule has 12 heteroatoms. The molecule has 0 atom stereocenters. The van der Waals surface area contributed by atoms with Crippen LogP contribution in [-0.4, -0.2) is 33.7 Å². The molecule has 3 aromatic rings. The van der Waals surface area contributed by atoms with Gasteiger partial charge >= 0.3 is 6.18 Å². The van der Waals surface area contributed by atoms with Crippen LogP contribution >= 0.6 is 23.8 Å². The van der Waals surface area contributed by atoms with Crippen LogP contribution < -0.4 is 20.9 Å². The Balaban J connectivity index is 1.33. The molecule has 1 saturated heterocycles. The molecule has 1 aliphatic heterocycles. The highest BCUT2D eigenvalue weighted by Crippen LogP contribution is 2.38. The van der Waals surface area contributed by atoms with Gasteiger partial charge in [-0.05, 0) is 84.5 Å². The molecule has 1 amide bonds.